The third-order valence-electron chi connectivity index (χ3n) is 5.50. The summed E-state index contributed by atoms with van der Waals surface area (Å²) >= 11 is 0. The highest BCUT2D eigenvalue weighted by Crippen LogP contribution is 2.27. The molecule has 0 aliphatic heterocycles. The van der Waals surface area contributed by atoms with E-state index in [1.54, 1.807) is 56.7 Å². The zero-order valence-corrected chi connectivity index (χ0v) is 19.0. The highest BCUT2D eigenvalue weighted by atomic mass is 19.4. The molecule has 0 atom stereocenters. The number of aromatic amines is 1. The lowest BCUT2D eigenvalue weighted by Gasteiger charge is -2.13. The van der Waals surface area contributed by atoms with Gasteiger partial charge in [-0.25, -0.2) is 9.50 Å². The first-order valence-electron chi connectivity index (χ1n) is 10.7. The minimum atomic E-state index is -4.77. The first kappa shape index (κ1) is 23.1. The van der Waals surface area contributed by atoms with Gasteiger partial charge in [-0.05, 0) is 42.0 Å². The van der Waals surface area contributed by atoms with Gasteiger partial charge in [0.1, 0.15) is 17.0 Å². The molecule has 0 fully saturated rings. The van der Waals surface area contributed by atoms with Crippen molar-refractivity contribution in [3.63, 3.8) is 0 Å². The number of carbonyl (C=O) groups excluding carboxylic acids is 1. The van der Waals surface area contributed by atoms with Crippen LogP contribution in [0.15, 0.2) is 71.7 Å². The SMILES string of the molecule is CN(C)C(=O)c1c(-c2nc3ccc(-c4ccc(OC(F)(F)F)cc4)cn3n2)[nH]c2ccccc2c1=O. The number of hydrogen-bond acceptors (Lipinski definition) is 5. The van der Waals surface area contributed by atoms with Crippen molar-refractivity contribution < 1.29 is 22.7 Å². The summed E-state index contributed by atoms with van der Waals surface area (Å²) in [7, 11) is 3.10. The van der Waals surface area contributed by atoms with Crippen LogP contribution < -0.4 is 10.2 Å². The maximum Gasteiger partial charge on any atom is 0.573 e. The van der Waals surface area contributed by atoms with E-state index < -0.39 is 17.7 Å². The predicted molar refractivity (Wildman–Crippen MR) is 127 cm³/mol. The quantitative estimate of drug-likeness (QED) is 0.398. The normalized spacial score (nSPS) is 11.7. The van der Waals surface area contributed by atoms with Crippen LogP contribution in [0.1, 0.15) is 10.4 Å². The van der Waals surface area contributed by atoms with E-state index in [9.17, 15) is 22.8 Å². The van der Waals surface area contributed by atoms with Gasteiger partial charge in [0.25, 0.3) is 5.91 Å². The second kappa shape index (κ2) is 8.52. The van der Waals surface area contributed by atoms with Gasteiger partial charge in [0.15, 0.2) is 11.5 Å². The van der Waals surface area contributed by atoms with Crippen molar-refractivity contribution in [3.05, 3.63) is 82.6 Å². The highest BCUT2D eigenvalue weighted by molar-refractivity contribution is 6.02. The molecule has 11 heteroatoms. The lowest BCUT2D eigenvalue weighted by atomic mass is 10.1. The maximum atomic E-state index is 13.2. The van der Waals surface area contributed by atoms with Crippen LogP contribution in [0.3, 0.4) is 0 Å². The third kappa shape index (κ3) is 4.26. The smallest absolute Gasteiger partial charge is 0.406 e. The molecule has 0 aliphatic carbocycles. The highest BCUT2D eigenvalue weighted by Gasteiger charge is 2.31. The third-order valence-corrected chi connectivity index (χ3v) is 5.50. The molecule has 5 aromatic rings. The summed E-state index contributed by atoms with van der Waals surface area (Å²) < 4.78 is 42.7. The molecule has 1 amide bonds. The molecule has 0 saturated heterocycles. The minimum absolute atomic E-state index is 0.0740. The van der Waals surface area contributed by atoms with Gasteiger partial charge in [-0.1, -0.05) is 24.3 Å². The van der Waals surface area contributed by atoms with Crippen molar-refractivity contribution in [2.24, 2.45) is 0 Å². The monoisotopic (exact) mass is 493 g/mol. The Morgan fingerprint density at radius 1 is 1.00 bits per heavy atom. The number of aromatic nitrogens is 4. The Hall–Kier alpha value is -4.67. The Kier molecular flexibility index (Phi) is 5.47. The van der Waals surface area contributed by atoms with Crippen LogP contribution >= 0.6 is 0 Å². The zero-order chi connectivity index (χ0) is 25.6. The molecule has 0 aliphatic rings. The molecular weight excluding hydrogens is 475 g/mol. The van der Waals surface area contributed by atoms with Crippen molar-refractivity contribution in [3.8, 4) is 28.4 Å². The van der Waals surface area contributed by atoms with Gasteiger partial charge in [0.05, 0.1) is 0 Å². The molecule has 0 unspecified atom stereocenters. The maximum absolute atomic E-state index is 13.2. The zero-order valence-electron chi connectivity index (χ0n) is 19.0. The van der Waals surface area contributed by atoms with Gasteiger partial charge in [-0.2, -0.15) is 0 Å². The molecule has 0 saturated carbocycles. The van der Waals surface area contributed by atoms with E-state index in [1.807, 2.05) is 0 Å². The Morgan fingerprint density at radius 3 is 2.39 bits per heavy atom. The standard InChI is InChI=1S/C25H18F3N5O3/c1-32(2)24(35)20-21(29-18-6-4-3-5-17(18)22(20)34)23-30-19-12-9-15(13-33(19)31-23)14-7-10-16(11-8-14)36-25(26,27)28/h3-13H,1-2H3,(H,29,34). The van der Waals surface area contributed by atoms with E-state index >= 15 is 0 Å². The van der Waals surface area contributed by atoms with Crippen molar-refractivity contribution >= 4 is 22.5 Å². The number of benzene rings is 2. The Morgan fingerprint density at radius 2 is 1.69 bits per heavy atom. The largest absolute Gasteiger partial charge is 0.573 e. The summed E-state index contributed by atoms with van der Waals surface area (Å²) in [5, 5.41) is 4.85. The molecule has 8 nitrogen and oxygen atoms in total. The first-order valence-corrected chi connectivity index (χ1v) is 10.7. The average molecular weight is 493 g/mol. The second-order valence-corrected chi connectivity index (χ2v) is 8.18. The number of fused-ring (bicyclic) bond motifs is 2. The fourth-order valence-corrected chi connectivity index (χ4v) is 3.84. The number of nitrogens with one attached hydrogen (secondary N) is 1. The number of carbonyl (C=O) groups is 1. The summed E-state index contributed by atoms with van der Waals surface area (Å²) in [5.74, 6) is -0.666. The number of pyridine rings is 2. The number of rotatable bonds is 4. The average Bonchev–Trinajstić information content (AvgIpc) is 3.26. The summed E-state index contributed by atoms with van der Waals surface area (Å²) in [6, 6.07) is 15.7. The molecule has 5 rings (SSSR count). The lowest BCUT2D eigenvalue weighted by molar-refractivity contribution is -0.274. The Labute approximate surface area is 201 Å². The van der Waals surface area contributed by atoms with Gasteiger partial charge in [-0.15, -0.1) is 18.3 Å². The number of nitrogens with zero attached hydrogens (tertiary/aromatic N) is 4. The van der Waals surface area contributed by atoms with Crippen LogP contribution in [0.25, 0.3) is 39.2 Å². The number of H-pyrrole nitrogens is 1. The molecule has 3 heterocycles. The number of ether oxygens (including phenoxy) is 1. The van der Waals surface area contributed by atoms with Crippen LogP contribution in [0.2, 0.25) is 0 Å². The number of hydrogen-bond donors (Lipinski definition) is 1. The van der Waals surface area contributed by atoms with Crippen LogP contribution in [-0.2, 0) is 0 Å². The van der Waals surface area contributed by atoms with E-state index in [2.05, 4.69) is 19.8 Å². The Balaban J connectivity index is 1.60. The van der Waals surface area contributed by atoms with Crippen molar-refractivity contribution in [2.75, 3.05) is 14.1 Å². The number of amides is 1. The van der Waals surface area contributed by atoms with Crippen LogP contribution in [-0.4, -0.2) is 50.8 Å². The molecule has 0 spiro atoms. The van der Waals surface area contributed by atoms with Crippen LogP contribution in [0.5, 0.6) is 5.75 Å². The predicted octanol–water partition coefficient (Wildman–Crippen LogP) is 4.51. The summed E-state index contributed by atoms with van der Waals surface area (Å²) in [6.45, 7) is 0. The molecule has 1 N–H and O–H groups in total. The fourth-order valence-electron chi connectivity index (χ4n) is 3.84. The molecule has 36 heavy (non-hydrogen) atoms. The molecule has 2 aromatic carbocycles. The van der Waals surface area contributed by atoms with Crippen LogP contribution in [0, 0.1) is 0 Å². The van der Waals surface area contributed by atoms with E-state index in [0.29, 0.717) is 27.7 Å². The Bertz CT molecular complexity index is 1670. The van der Waals surface area contributed by atoms with Crippen LogP contribution in [0.4, 0.5) is 13.2 Å². The minimum Gasteiger partial charge on any atom is -0.406 e. The van der Waals surface area contributed by atoms with Gasteiger partial charge >= 0.3 is 6.36 Å². The number of para-hydroxylation sites is 1. The second-order valence-electron chi connectivity index (χ2n) is 8.18. The van der Waals surface area contributed by atoms with E-state index in [4.69, 9.17) is 0 Å². The summed E-state index contributed by atoms with van der Waals surface area (Å²) in [6.07, 6.45) is -3.12. The van der Waals surface area contributed by atoms with Gasteiger partial charge in [-0.3, -0.25) is 9.59 Å². The summed E-state index contributed by atoms with van der Waals surface area (Å²) in [4.78, 5) is 35.1. The van der Waals surface area contributed by atoms with Crippen molar-refractivity contribution in [1.29, 1.82) is 0 Å². The van der Waals surface area contributed by atoms with Crippen molar-refractivity contribution in [2.45, 2.75) is 6.36 Å². The topological polar surface area (TPSA) is 92.6 Å². The number of alkyl halides is 3. The van der Waals surface area contributed by atoms with Gasteiger partial charge < -0.3 is 14.6 Å². The lowest BCUT2D eigenvalue weighted by Crippen LogP contribution is -2.29. The van der Waals surface area contributed by atoms with E-state index in [0.717, 1.165) is 0 Å². The van der Waals surface area contributed by atoms with E-state index in [1.165, 1.54) is 33.7 Å². The molecule has 0 bridgehead atoms. The number of halogens is 3. The molecular formula is C25H18F3N5O3. The molecule has 0 radical (unpaired) electrons. The van der Waals surface area contributed by atoms with E-state index in [-0.39, 0.29) is 22.8 Å². The van der Waals surface area contributed by atoms with Gasteiger partial charge in [0.2, 0.25) is 5.43 Å². The van der Waals surface area contributed by atoms with Crippen molar-refractivity contribution in [1.82, 2.24) is 24.5 Å². The van der Waals surface area contributed by atoms with Gasteiger partial charge in [0, 0.05) is 36.8 Å². The first-order chi connectivity index (χ1) is 17.1. The summed E-state index contributed by atoms with van der Waals surface area (Å²) in [5.41, 5.74) is 1.96. The molecule has 3 aromatic heterocycles. The molecule has 182 valence electrons. The fraction of sp³-hybridized carbons (Fsp3) is 0.120.